The van der Waals surface area contributed by atoms with Crippen molar-refractivity contribution < 1.29 is 9.47 Å². The molecule has 0 saturated carbocycles. The van der Waals surface area contributed by atoms with Crippen LogP contribution in [-0.2, 0) is 15.3 Å². The second-order valence-electron chi connectivity index (χ2n) is 2.53. The molecule has 1 rings (SSSR count). The summed E-state index contributed by atoms with van der Waals surface area (Å²) in [5.74, 6) is 1.13. The summed E-state index contributed by atoms with van der Waals surface area (Å²) in [7, 11) is 2.90. The Balaban J connectivity index is 3.19. The summed E-state index contributed by atoms with van der Waals surface area (Å²) in [5, 5.41) is 0.531. The summed E-state index contributed by atoms with van der Waals surface area (Å²) in [5.41, 5.74) is 0.456. The smallest absolute Gasteiger partial charge is 0.278 e. The minimum atomic E-state index is -1.26. The van der Waals surface area contributed by atoms with Crippen LogP contribution in [0.15, 0.2) is 18.3 Å². The lowest BCUT2D eigenvalue weighted by Gasteiger charge is -2.23. The molecule has 0 N–H and O–H groups in total. The number of ether oxygens (including phenoxy) is 2. The van der Waals surface area contributed by atoms with Crippen molar-refractivity contribution in [3.8, 4) is 12.3 Å². The maximum atomic E-state index is 5.80. The van der Waals surface area contributed by atoms with Crippen molar-refractivity contribution in [3.63, 3.8) is 0 Å². The van der Waals surface area contributed by atoms with Crippen LogP contribution < -0.4 is 0 Å². The van der Waals surface area contributed by atoms with Gasteiger partial charge >= 0.3 is 0 Å². The summed E-state index contributed by atoms with van der Waals surface area (Å²) < 4.78 is 10.2. The SMILES string of the molecule is C#CC(OC)(OC)c1cc(Cl)ccn1. The van der Waals surface area contributed by atoms with Crippen LogP contribution >= 0.6 is 11.6 Å². The maximum absolute atomic E-state index is 5.80. The van der Waals surface area contributed by atoms with Gasteiger partial charge in [-0.05, 0) is 18.1 Å². The predicted octanol–water partition coefficient (Wildman–Crippen LogP) is 1.81. The lowest BCUT2D eigenvalue weighted by molar-refractivity contribution is -0.172. The van der Waals surface area contributed by atoms with Crippen molar-refractivity contribution in [2.75, 3.05) is 14.2 Å². The molecule has 0 aromatic carbocycles. The standard InChI is InChI=1S/C10H10ClNO2/c1-4-10(13-2,14-3)9-7-8(11)5-6-12-9/h1,5-7H,2-3H3. The fraction of sp³-hybridized carbons (Fsp3) is 0.300. The minimum absolute atomic E-state index is 0.456. The molecule has 1 aromatic rings. The van der Waals surface area contributed by atoms with Crippen molar-refractivity contribution in [1.82, 2.24) is 4.98 Å². The third-order valence-corrected chi connectivity index (χ3v) is 2.06. The Kier molecular flexibility index (Phi) is 3.48. The predicted molar refractivity (Wildman–Crippen MR) is 53.8 cm³/mol. The number of hydrogen-bond donors (Lipinski definition) is 0. The third kappa shape index (κ3) is 1.88. The van der Waals surface area contributed by atoms with E-state index in [0.717, 1.165) is 0 Å². The van der Waals surface area contributed by atoms with E-state index in [1.54, 1.807) is 18.3 Å². The summed E-state index contributed by atoms with van der Waals surface area (Å²) >= 11 is 5.80. The van der Waals surface area contributed by atoms with E-state index in [1.165, 1.54) is 14.2 Å². The van der Waals surface area contributed by atoms with Gasteiger partial charge in [0.2, 0.25) is 0 Å². The maximum Gasteiger partial charge on any atom is 0.278 e. The molecule has 14 heavy (non-hydrogen) atoms. The van der Waals surface area contributed by atoms with Gasteiger partial charge in [-0.25, -0.2) is 0 Å². The van der Waals surface area contributed by atoms with E-state index in [-0.39, 0.29) is 0 Å². The van der Waals surface area contributed by atoms with Crippen LogP contribution in [0.2, 0.25) is 5.02 Å². The van der Waals surface area contributed by atoms with Gasteiger partial charge in [-0.15, -0.1) is 6.42 Å². The van der Waals surface area contributed by atoms with Gasteiger partial charge in [0.15, 0.2) is 0 Å². The highest BCUT2D eigenvalue weighted by molar-refractivity contribution is 6.30. The fourth-order valence-electron chi connectivity index (χ4n) is 1.07. The topological polar surface area (TPSA) is 31.4 Å². The number of rotatable bonds is 3. The molecule has 74 valence electrons. The van der Waals surface area contributed by atoms with Crippen molar-refractivity contribution in [3.05, 3.63) is 29.0 Å². The Hall–Kier alpha value is -1.08. The molecule has 0 radical (unpaired) electrons. The Morgan fingerprint density at radius 1 is 1.50 bits per heavy atom. The van der Waals surface area contributed by atoms with Gasteiger partial charge in [0.05, 0.1) is 0 Å². The highest BCUT2D eigenvalue weighted by atomic mass is 35.5. The first-order chi connectivity index (χ1) is 6.68. The second-order valence-corrected chi connectivity index (χ2v) is 2.96. The van der Waals surface area contributed by atoms with Gasteiger partial charge in [-0.2, -0.15) is 0 Å². The summed E-state index contributed by atoms with van der Waals surface area (Å²) in [4.78, 5) is 4.05. The van der Waals surface area contributed by atoms with Crippen LogP contribution in [0.4, 0.5) is 0 Å². The summed E-state index contributed by atoms with van der Waals surface area (Å²) in [6.45, 7) is 0. The van der Waals surface area contributed by atoms with Crippen LogP contribution in [0.25, 0.3) is 0 Å². The highest BCUT2D eigenvalue weighted by Gasteiger charge is 2.31. The average molecular weight is 212 g/mol. The van der Waals surface area contributed by atoms with Gasteiger partial charge in [0.1, 0.15) is 5.69 Å². The quantitative estimate of drug-likeness (QED) is 0.565. The van der Waals surface area contributed by atoms with E-state index < -0.39 is 5.79 Å². The molecule has 0 aliphatic rings. The zero-order chi connectivity index (χ0) is 10.6. The number of halogens is 1. The first-order valence-electron chi connectivity index (χ1n) is 3.88. The normalized spacial score (nSPS) is 11.0. The molecular weight excluding hydrogens is 202 g/mol. The number of methoxy groups -OCH3 is 2. The van der Waals surface area contributed by atoms with Gasteiger partial charge in [0, 0.05) is 25.4 Å². The Labute approximate surface area is 88.0 Å². The van der Waals surface area contributed by atoms with E-state index in [1.807, 2.05) is 0 Å². The van der Waals surface area contributed by atoms with Crippen molar-refractivity contribution in [2.24, 2.45) is 0 Å². The molecule has 0 aliphatic carbocycles. The number of nitrogens with zero attached hydrogens (tertiary/aromatic N) is 1. The molecule has 0 atom stereocenters. The first kappa shape index (κ1) is 11.0. The lowest BCUT2D eigenvalue weighted by atomic mass is 10.2. The molecule has 0 bridgehead atoms. The molecule has 0 saturated heterocycles. The van der Waals surface area contributed by atoms with E-state index in [0.29, 0.717) is 10.7 Å². The minimum Gasteiger partial charge on any atom is -0.338 e. The van der Waals surface area contributed by atoms with Crippen molar-refractivity contribution >= 4 is 11.6 Å². The van der Waals surface area contributed by atoms with Gasteiger partial charge < -0.3 is 9.47 Å². The molecular formula is C10H10ClNO2. The van der Waals surface area contributed by atoms with E-state index in [9.17, 15) is 0 Å². The number of pyridine rings is 1. The van der Waals surface area contributed by atoms with Gasteiger partial charge in [-0.1, -0.05) is 11.6 Å². The van der Waals surface area contributed by atoms with Crippen molar-refractivity contribution in [1.29, 1.82) is 0 Å². The Morgan fingerprint density at radius 3 is 2.57 bits per heavy atom. The molecule has 0 unspecified atom stereocenters. The molecule has 3 nitrogen and oxygen atoms in total. The number of hydrogen-bond acceptors (Lipinski definition) is 3. The van der Waals surface area contributed by atoms with Gasteiger partial charge in [0.25, 0.3) is 5.79 Å². The molecule has 0 amide bonds. The summed E-state index contributed by atoms with van der Waals surface area (Å²) in [6, 6.07) is 3.26. The molecule has 0 spiro atoms. The molecule has 4 heteroatoms. The third-order valence-electron chi connectivity index (χ3n) is 1.82. The molecule has 0 aliphatic heterocycles. The largest absolute Gasteiger partial charge is 0.338 e. The summed E-state index contributed by atoms with van der Waals surface area (Å²) in [6.07, 6.45) is 6.87. The van der Waals surface area contributed by atoms with E-state index in [4.69, 9.17) is 27.5 Å². The number of aromatic nitrogens is 1. The average Bonchev–Trinajstić information content (AvgIpc) is 2.22. The number of terminal acetylenes is 1. The fourth-order valence-corrected chi connectivity index (χ4v) is 1.23. The van der Waals surface area contributed by atoms with Crippen molar-refractivity contribution in [2.45, 2.75) is 5.79 Å². The van der Waals surface area contributed by atoms with Crippen LogP contribution in [-0.4, -0.2) is 19.2 Å². The monoisotopic (exact) mass is 211 g/mol. The van der Waals surface area contributed by atoms with Gasteiger partial charge in [-0.3, -0.25) is 4.98 Å². The van der Waals surface area contributed by atoms with E-state index in [2.05, 4.69) is 10.9 Å². The molecule has 0 fully saturated rings. The molecule has 1 heterocycles. The first-order valence-corrected chi connectivity index (χ1v) is 4.26. The zero-order valence-corrected chi connectivity index (χ0v) is 8.71. The molecule has 1 aromatic heterocycles. The van der Waals surface area contributed by atoms with Crippen LogP contribution in [0.3, 0.4) is 0 Å². The Morgan fingerprint density at radius 2 is 2.14 bits per heavy atom. The van der Waals surface area contributed by atoms with Crippen LogP contribution in [0.1, 0.15) is 5.69 Å². The Bertz CT molecular complexity index is 355. The lowest BCUT2D eigenvalue weighted by Crippen LogP contribution is -2.29. The van der Waals surface area contributed by atoms with Crippen LogP contribution in [0, 0.1) is 12.3 Å². The second kappa shape index (κ2) is 4.43. The zero-order valence-electron chi connectivity index (χ0n) is 7.95. The van der Waals surface area contributed by atoms with E-state index >= 15 is 0 Å². The van der Waals surface area contributed by atoms with Crippen LogP contribution in [0.5, 0.6) is 0 Å². The highest BCUT2D eigenvalue weighted by Crippen LogP contribution is 2.24.